The summed E-state index contributed by atoms with van der Waals surface area (Å²) in [4.78, 5) is 4.69. The summed E-state index contributed by atoms with van der Waals surface area (Å²) in [5.41, 5.74) is 2.15. The number of fused-ring (bicyclic) bond motifs is 1. The van der Waals surface area contributed by atoms with Crippen molar-refractivity contribution in [2.75, 3.05) is 13.2 Å². The summed E-state index contributed by atoms with van der Waals surface area (Å²) in [5, 5.41) is 0. The van der Waals surface area contributed by atoms with Crippen LogP contribution in [0.25, 0.3) is 11.0 Å². The number of nitrogens with zero attached hydrogens (tertiary/aromatic N) is 2. The van der Waals surface area contributed by atoms with Gasteiger partial charge in [-0.05, 0) is 45.8 Å². The maximum Gasteiger partial charge on any atom is 0.137 e. The van der Waals surface area contributed by atoms with Crippen LogP contribution < -0.4 is 0 Å². The highest BCUT2D eigenvalue weighted by Crippen LogP contribution is 2.32. The summed E-state index contributed by atoms with van der Waals surface area (Å²) in [6.45, 7) is 3.43. The minimum atomic E-state index is -0.475. The van der Waals surface area contributed by atoms with Gasteiger partial charge >= 0.3 is 0 Å². The second-order valence-electron chi connectivity index (χ2n) is 6.50. The summed E-state index contributed by atoms with van der Waals surface area (Å²) in [6, 6.07) is 10.4. The molecule has 0 bridgehead atoms. The standard InChI is InChI=1S/C19H17BrF2N2O/c1-11-9-25-10-18(11)24-17-5-3-2-4-16(17)23-19(24)7-12-6-15(22)13(20)8-14(12)21/h2-6,8,11,18H,7,9-10H2,1H3/t11-,18+/m0/s1. The normalized spacial score (nSPS) is 20.5. The first-order chi connectivity index (χ1) is 12.0. The van der Waals surface area contributed by atoms with Crippen LogP contribution in [0.3, 0.4) is 0 Å². The predicted molar refractivity (Wildman–Crippen MR) is 95.6 cm³/mol. The number of aromatic nitrogens is 2. The van der Waals surface area contributed by atoms with Crippen LogP contribution in [0.2, 0.25) is 0 Å². The van der Waals surface area contributed by atoms with Gasteiger partial charge in [0.05, 0.1) is 34.8 Å². The summed E-state index contributed by atoms with van der Waals surface area (Å²) >= 11 is 3.02. The third kappa shape index (κ3) is 2.98. The van der Waals surface area contributed by atoms with Gasteiger partial charge in [-0.3, -0.25) is 0 Å². The summed E-state index contributed by atoms with van der Waals surface area (Å²) in [5.74, 6) is 0.145. The zero-order chi connectivity index (χ0) is 17.6. The molecule has 0 amide bonds. The van der Waals surface area contributed by atoms with E-state index in [2.05, 4.69) is 32.4 Å². The molecule has 2 atom stereocenters. The molecule has 0 radical (unpaired) electrons. The first-order valence-electron chi connectivity index (χ1n) is 8.21. The third-order valence-electron chi connectivity index (χ3n) is 4.76. The Bertz CT molecular complexity index is 941. The Balaban J connectivity index is 1.83. The van der Waals surface area contributed by atoms with Crippen LogP contribution in [-0.2, 0) is 11.2 Å². The lowest BCUT2D eigenvalue weighted by Gasteiger charge is -2.19. The Labute approximate surface area is 152 Å². The number of ether oxygens (including phenoxy) is 1. The molecule has 1 aliphatic heterocycles. The SMILES string of the molecule is C[C@H]1COC[C@H]1n1c(Cc2cc(F)c(Br)cc2F)nc2ccccc21. The van der Waals surface area contributed by atoms with Crippen LogP contribution in [0.15, 0.2) is 40.9 Å². The lowest BCUT2D eigenvalue weighted by atomic mass is 10.0. The molecule has 0 saturated carbocycles. The largest absolute Gasteiger partial charge is 0.379 e. The molecular weight excluding hydrogens is 390 g/mol. The maximum atomic E-state index is 14.3. The minimum Gasteiger partial charge on any atom is -0.379 e. The van der Waals surface area contributed by atoms with Crippen molar-refractivity contribution in [3.63, 3.8) is 0 Å². The molecule has 3 nitrogen and oxygen atoms in total. The molecule has 2 heterocycles. The summed E-state index contributed by atoms with van der Waals surface area (Å²) < 4.78 is 36.0. The second-order valence-corrected chi connectivity index (χ2v) is 7.36. The van der Waals surface area contributed by atoms with Crippen molar-refractivity contribution in [2.45, 2.75) is 19.4 Å². The fourth-order valence-corrected chi connectivity index (χ4v) is 3.75. The third-order valence-corrected chi connectivity index (χ3v) is 5.37. The number of halogens is 3. The maximum absolute atomic E-state index is 14.3. The Morgan fingerprint density at radius 2 is 2.00 bits per heavy atom. The van der Waals surface area contributed by atoms with Crippen LogP contribution in [0.4, 0.5) is 8.78 Å². The van der Waals surface area contributed by atoms with Gasteiger partial charge in [0.2, 0.25) is 0 Å². The molecule has 1 fully saturated rings. The second kappa shape index (κ2) is 6.50. The van der Waals surface area contributed by atoms with E-state index >= 15 is 0 Å². The van der Waals surface area contributed by atoms with Crippen molar-refractivity contribution in [1.82, 2.24) is 9.55 Å². The van der Waals surface area contributed by atoms with E-state index in [9.17, 15) is 8.78 Å². The van der Waals surface area contributed by atoms with Gasteiger partial charge in [0.15, 0.2) is 0 Å². The van der Waals surface area contributed by atoms with E-state index in [4.69, 9.17) is 4.74 Å². The molecule has 6 heteroatoms. The van der Waals surface area contributed by atoms with E-state index in [1.165, 1.54) is 12.1 Å². The topological polar surface area (TPSA) is 27.1 Å². The van der Waals surface area contributed by atoms with Crippen molar-refractivity contribution in [3.8, 4) is 0 Å². The lowest BCUT2D eigenvalue weighted by molar-refractivity contribution is 0.182. The molecular formula is C19H17BrF2N2O. The number of rotatable bonds is 3. The van der Waals surface area contributed by atoms with E-state index < -0.39 is 11.6 Å². The highest BCUT2D eigenvalue weighted by molar-refractivity contribution is 9.10. The van der Waals surface area contributed by atoms with Crippen molar-refractivity contribution < 1.29 is 13.5 Å². The number of para-hydroxylation sites is 2. The van der Waals surface area contributed by atoms with Crippen LogP contribution in [0, 0.1) is 17.6 Å². The fourth-order valence-electron chi connectivity index (χ4n) is 3.44. The number of hydrogen-bond acceptors (Lipinski definition) is 2. The van der Waals surface area contributed by atoms with Crippen LogP contribution >= 0.6 is 15.9 Å². The van der Waals surface area contributed by atoms with Gasteiger partial charge in [0.1, 0.15) is 17.5 Å². The monoisotopic (exact) mass is 406 g/mol. The molecule has 1 saturated heterocycles. The van der Waals surface area contributed by atoms with E-state index in [1.54, 1.807) is 0 Å². The van der Waals surface area contributed by atoms with Crippen LogP contribution in [-0.4, -0.2) is 22.8 Å². The van der Waals surface area contributed by atoms with Gasteiger partial charge in [-0.1, -0.05) is 19.1 Å². The number of imidazole rings is 1. The van der Waals surface area contributed by atoms with Gasteiger partial charge in [-0.2, -0.15) is 0 Å². The first kappa shape index (κ1) is 16.7. The van der Waals surface area contributed by atoms with E-state index in [-0.39, 0.29) is 16.9 Å². The summed E-state index contributed by atoms with van der Waals surface area (Å²) in [7, 11) is 0. The zero-order valence-electron chi connectivity index (χ0n) is 13.7. The van der Waals surface area contributed by atoms with Crippen molar-refractivity contribution in [1.29, 1.82) is 0 Å². The van der Waals surface area contributed by atoms with Gasteiger partial charge in [0, 0.05) is 12.3 Å². The molecule has 1 aliphatic rings. The lowest BCUT2D eigenvalue weighted by Crippen LogP contribution is -2.18. The average Bonchev–Trinajstić information content (AvgIpc) is 3.15. The molecule has 0 aliphatic carbocycles. The fraction of sp³-hybridized carbons (Fsp3) is 0.316. The van der Waals surface area contributed by atoms with Crippen LogP contribution in [0.1, 0.15) is 24.4 Å². The molecule has 0 unspecified atom stereocenters. The van der Waals surface area contributed by atoms with Gasteiger partial charge in [0.25, 0.3) is 0 Å². The van der Waals surface area contributed by atoms with Gasteiger partial charge in [-0.25, -0.2) is 13.8 Å². The zero-order valence-corrected chi connectivity index (χ0v) is 15.3. The highest BCUT2D eigenvalue weighted by Gasteiger charge is 2.29. The quantitative estimate of drug-likeness (QED) is 0.579. The van der Waals surface area contributed by atoms with Crippen molar-refractivity contribution in [3.05, 3.63) is 63.9 Å². The first-order valence-corrected chi connectivity index (χ1v) is 9.01. The molecule has 4 rings (SSSR count). The molecule has 25 heavy (non-hydrogen) atoms. The number of benzene rings is 2. The average molecular weight is 407 g/mol. The molecule has 1 aromatic heterocycles. The minimum absolute atomic E-state index is 0.125. The molecule has 0 N–H and O–H groups in total. The molecule has 0 spiro atoms. The Kier molecular flexibility index (Phi) is 4.33. The smallest absolute Gasteiger partial charge is 0.137 e. The predicted octanol–water partition coefficient (Wildman–Crippen LogP) is 4.88. The van der Waals surface area contributed by atoms with Crippen LogP contribution in [0.5, 0.6) is 0 Å². The van der Waals surface area contributed by atoms with E-state index in [0.29, 0.717) is 24.7 Å². The van der Waals surface area contributed by atoms with Gasteiger partial charge in [-0.15, -0.1) is 0 Å². The Morgan fingerprint density at radius 1 is 1.20 bits per heavy atom. The number of hydrogen-bond donors (Lipinski definition) is 0. The van der Waals surface area contributed by atoms with Crippen molar-refractivity contribution in [2.24, 2.45) is 5.92 Å². The summed E-state index contributed by atoms with van der Waals surface area (Å²) in [6.07, 6.45) is 0.230. The molecule has 3 aromatic rings. The van der Waals surface area contributed by atoms with Gasteiger partial charge < -0.3 is 9.30 Å². The Morgan fingerprint density at radius 3 is 2.76 bits per heavy atom. The Hall–Kier alpha value is -1.79. The van der Waals surface area contributed by atoms with Crippen molar-refractivity contribution >= 4 is 27.0 Å². The van der Waals surface area contributed by atoms with E-state index in [1.807, 2.05) is 24.3 Å². The molecule has 2 aromatic carbocycles. The highest BCUT2D eigenvalue weighted by atomic mass is 79.9. The molecule has 130 valence electrons. The van der Waals surface area contributed by atoms with E-state index in [0.717, 1.165) is 16.9 Å².